The van der Waals surface area contributed by atoms with E-state index in [1.165, 1.54) is 12.1 Å². The molecule has 1 saturated heterocycles. The van der Waals surface area contributed by atoms with Crippen LogP contribution in [0.5, 0.6) is 5.75 Å². The average Bonchev–Trinajstić information content (AvgIpc) is 2.91. The molecule has 1 aliphatic heterocycles. The second kappa shape index (κ2) is 7.37. The predicted molar refractivity (Wildman–Crippen MR) is 73.1 cm³/mol. The van der Waals surface area contributed by atoms with E-state index in [0.717, 1.165) is 19.4 Å². The molecule has 1 heterocycles. The van der Waals surface area contributed by atoms with Gasteiger partial charge in [-0.2, -0.15) is 0 Å². The van der Waals surface area contributed by atoms with Gasteiger partial charge in [-0.3, -0.25) is 0 Å². The van der Waals surface area contributed by atoms with Gasteiger partial charge in [0.1, 0.15) is 18.2 Å². The largest absolute Gasteiger partial charge is 0.490 e. The van der Waals surface area contributed by atoms with Crippen LogP contribution in [-0.4, -0.2) is 25.2 Å². The fourth-order valence-electron chi connectivity index (χ4n) is 1.89. The van der Waals surface area contributed by atoms with Gasteiger partial charge in [-0.15, -0.1) is 11.6 Å². The van der Waals surface area contributed by atoms with E-state index in [1.807, 2.05) is 0 Å². The third kappa shape index (κ3) is 4.41. The van der Waals surface area contributed by atoms with Crippen molar-refractivity contribution in [3.05, 3.63) is 29.6 Å². The van der Waals surface area contributed by atoms with Crippen LogP contribution >= 0.6 is 11.6 Å². The van der Waals surface area contributed by atoms with Gasteiger partial charge < -0.3 is 9.47 Å². The van der Waals surface area contributed by atoms with E-state index in [4.69, 9.17) is 21.1 Å². The monoisotopic (exact) mass is 282 g/mol. The molecule has 1 fully saturated rings. The molecule has 0 aliphatic carbocycles. The van der Waals surface area contributed by atoms with Crippen LogP contribution in [0.4, 0.5) is 4.39 Å². The third-order valence-electron chi connectivity index (χ3n) is 2.83. The molecule has 0 spiro atoms. The standard InChI is InChI=1S/C15H16ClFO2/c16-8-2-1-4-12-10-13(17)6-7-15(12)19-11-14-5-3-9-18-14/h6-7,10,14H,2-3,5,8-9,11H2. The summed E-state index contributed by atoms with van der Waals surface area (Å²) in [6.45, 7) is 1.27. The minimum absolute atomic E-state index is 0.133. The molecule has 1 aromatic carbocycles. The maximum Gasteiger partial charge on any atom is 0.135 e. The molecule has 1 unspecified atom stereocenters. The molecule has 1 aliphatic rings. The zero-order valence-electron chi connectivity index (χ0n) is 10.6. The molecule has 0 radical (unpaired) electrons. The first kappa shape index (κ1) is 14.2. The van der Waals surface area contributed by atoms with Crippen molar-refractivity contribution in [1.82, 2.24) is 0 Å². The Morgan fingerprint density at radius 3 is 3.11 bits per heavy atom. The number of benzene rings is 1. The summed E-state index contributed by atoms with van der Waals surface area (Å²) in [5.41, 5.74) is 0.558. The molecule has 0 bridgehead atoms. The van der Waals surface area contributed by atoms with Crippen molar-refractivity contribution in [2.45, 2.75) is 25.4 Å². The highest BCUT2D eigenvalue weighted by Crippen LogP contribution is 2.21. The second-order valence-electron chi connectivity index (χ2n) is 4.33. The topological polar surface area (TPSA) is 18.5 Å². The number of alkyl halides is 1. The van der Waals surface area contributed by atoms with Gasteiger partial charge in [0.2, 0.25) is 0 Å². The fourth-order valence-corrected chi connectivity index (χ4v) is 1.98. The van der Waals surface area contributed by atoms with Gasteiger partial charge in [0.05, 0.1) is 11.7 Å². The van der Waals surface area contributed by atoms with Crippen molar-refractivity contribution in [3.8, 4) is 17.6 Å². The van der Waals surface area contributed by atoms with Crippen LogP contribution in [0.3, 0.4) is 0 Å². The first-order valence-corrected chi connectivity index (χ1v) is 6.92. The van der Waals surface area contributed by atoms with Crippen LogP contribution in [0.1, 0.15) is 24.8 Å². The molecule has 0 amide bonds. The number of halogens is 2. The van der Waals surface area contributed by atoms with Gasteiger partial charge in [-0.05, 0) is 31.0 Å². The van der Waals surface area contributed by atoms with Crippen LogP contribution < -0.4 is 4.74 Å². The van der Waals surface area contributed by atoms with Crippen molar-refractivity contribution < 1.29 is 13.9 Å². The lowest BCUT2D eigenvalue weighted by atomic mass is 10.2. The highest BCUT2D eigenvalue weighted by molar-refractivity contribution is 6.18. The van der Waals surface area contributed by atoms with E-state index in [9.17, 15) is 4.39 Å². The Hall–Kier alpha value is -1.24. The van der Waals surface area contributed by atoms with Crippen molar-refractivity contribution in [2.24, 2.45) is 0 Å². The Morgan fingerprint density at radius 2 is 2.37 bits per heavy atom. The Bertz CT molecular complexity index is 473. The van der Waals surface area contributed by atoms with E-state index < -0.39 is 0 Å². The van der Waals surface area contributed by atoms with E-state index in [-0.39, 0.29) is 11.9 Å². The van der Waals surface area contributed by atoms with Crippen LogP contribution in [0.15, 0.2) is 18.2 Å². The van der Waals surface area contributed by atoms with Crippen LogP contribution in [0.2, 0.25) is 0 Å². The lowest BCUT2D eigenvalue weighted by molar-refractivity contribution is 0.0678. The number of hydrogen-bond acceptors (Lipinski definition) is 2. The maximum atomic E-state index is 13.2. The summed E-state index contributed by atoms with van der Waals surface area (Å²) < 4.78 is 24.4. The summed E-state index contributed by atoms with van der Waals surface area (Å²) in [6, 6.07) is 4.36. The minimum atomic E-state index is -0.320. The molecule has 1 atom stereocenters. The Morgan fingerprint density at radius 1 is 1.47 bits per heavy atom. The van der Waals surface area contributed by atoms with Crippen molar-refractivity contribution in [1.29, 1.82) is 0 Å². The van der Waals surface area contributed by atoms with Gasteiger partial charge in [-0.25, -0.2) is 4.39 Å². The Balaban J connectivity index is 2.03. The highest BCUT2D eigenvalue weighted by atomic mass is 35.5. The van der Waals surface area contributed by atoms with Crippen LogP contribution in [0, 0.1) is 17.7 Å². The van der Waals surface area contributed by atoms with Crippen molar-refractivity contribution in [2.75, 3.05) is 19.1 Å². The van der Waals surface area contributed by atoms with Gasteiger partial charge in [0.15, 0.2) is 0 Å². The van der Waals surface area contributed by atoms with E-state index in [1.54, 1.807) is 6.07 Å². The summed E-state index contributed by atoms with van der Waals surface area (Å²) in [5.74, 6) is 6.52. The summed E-state index contributed by atoms with van der Waals surface area (Å²) in [5, 5.41) is 0. The lowest BCUT2D eigenvalue weighted by Crippen LogP contribution is -2.16. The Labute approximate surface area is 117 Å². The molecule has 0 N–H and O–H groups in total. The normalized spacial score (nSPS) is 17.9. The maximum absolute atomic E-state index is 13.2. The molecule has 2 nitrogen and oxygen atoms in total. The highest BCUT2D eigenvalue weighted by Gasteiger charge is 2.16. The summed E-state index contributed by atoms with van der Waals surface area (Å²) in [4.78, 5) is 0. The smallest absolute Gasteiger partial charge is 0.135 e. The minimum Gasteiger partial charge on any atom is -0.490 e. The third-order valence-corrected chi connectivity index (χ3v) is 3.02. The molecule has 0 saturated carbocycles. The van der Waals surface area contributed by atoms with Crippen molar-refractivity contribution >= 4 is 11.6 Å². The quantitative estimate of drug-likeness (QED) is 0.623. The van der Waals surface area contributed by atoms with Gasteiger partial charge in [-0.1, -0.05) is 11.8 Å². The second-order valence-corrected chi connectivity index (χ2v) is 4.71. The van der Waals surface area contributed by atoms with Crippen molar-refractivity contribution in [3.63, 3.8) is 0 Å². The molecule has 2 rings (SSSR count). The first-order valence-electron chi connectivity index (χ1n) is 6.38. The molecule has 1 aromatic rings. The molecule has 0 aromatic heterocycles. The zero-order chi connectivity index (χ0) is 13.5. The predicted octanol–water partition coefficient (Wildman–Crippen LogP) is 3.36. The van der Waals surface area contributed by atoms with Gasteiger partial charge in [0, 0.05) is 18.9 Å². The average molecular weight is 283 g/mol. The van der Waals surface area contributed by atoms with E-state index in [2.05, 4.69) is 11.8 Å². The SMILES string of the molecule is Fc1ccc(OCC2CCCO2)c(C#CCCCl)c1. The molecular formula is C15H16ClFO2. The fraction of sp³-hybridized carbons (Fsp3) is 0.467. The first-order chi connectivity index (χ1) is 9.29. The summed E-state index contributed by atoms with van der Waals surface area (Å²) in [6.07, 6.45) is 2.78. The molecular weight excluding hydrogens is 267 g/mol. The Kier molecular flexibility index (Phi) is 5.50. The molecule has 4 heteroatoms. The van der Waals surface area contributed by atoms with Crippen LogP contribution in [0.25, 0.3) is 0 Å². The lowest BCUT2D eigenvalue weighted by Gasteiger charge is -2.12. The van der Waals surface area contributed by atoms with Gasteiger partial charge in [0.25, 0.3) is 0 Å². The van der Waals surface area contributed by atoms with E-state index >= 15 is 0 Å². The molecule has 19 heavy (non-hydrogen) atoms. The number of ether oxygens (including phenoxy) is 2. The van der Waals surface area contributed by atoms with Gasteiger partial charge >= 0.3 is 0 Å². The number of rotatable bonds is 4. The zero-order valence-corrected chi connectivity index (χ0v) is 11.4. The van der Waals surface area contributed by atoms with Crippen LogP contribution in [-0.2, 0) is 4.74 Å². The van der Waals surface area contributed by atoms with E-state index in [0.29, 0.717) is 30.2 Å². The summed E-state index contributed by atoms with van der Waals surface area (Å²) in [7, 11) is 0. The number of hydrogen-bond donors (Lipinski definition) is 0. The molecule has 102 valence electrons. The summed E-state index contributed by atoms with van der Waals surface area (Å²) >= 11 is 5.56.